The topological polar surface area (TPSA) is 163 Å². The minimum absolute atomic E-state index is 0.345. The maximum Gasteiger partial charge on any atom is 0.324 e. The predicted octanol–water partition coefficient (Wildman–Crippen LogP) is 23.7. The Morgan fingerprint density at radius 3 is 0.676 bits per heavy atom. The van der Waals surface area contributed by atoms with Crippen molar-refractivity contribution >= 4 is 227 Å². The first kappa shape index (κ1) is 77.6. The van der Waals surface area contributed by atoms with Gasteiger partial charge in [-0.15, -0.1) is 0 Å². The molecule has 108 heavy (non-hydrogen) atoms. The number of nitrogens with zero attached hydrogens (tertiary/aromatic N) is 2. The van der Waals surface area contributed by atoms with Crippen molar-refractivity contribution in [2.45, 2.75) is 68.3 Å². The molecule has 12 nitrogen and oxygen atoms in total. The van der Waals surface area contributed by atoms with Gasteiger partial charge in [0.1, 0.15) is 58.1 Å². The summed E-state index contributed by atoms with van der Waals surface area (Å²) < 4.78 is 26.4. The van der Waals surface area contributed by atoms with E-state index < -0.39 is 44.9 Å². The number of benzene rings is 8. The van der Waals surface area contributed by atoms with E-state index in [1.54, 1.807) is 76.2 Å². The fraction of sp³-hybridized carbons (Fsp3) is 0.0952. The van der Waals surface area contributed by atoms with Crippen molar-refractivity contribution in [1.82, 2.24) is 19.9 Å². The first-order valence-electron chi connectivity index (χ1n) is 33.6. The molecule has 0 spiro atoms. The highest BCUT2D eigenvalue weighted by atomic mass is 32.2. The van der Waals surface area contributed by atoms with E-state index in [0.717, 1.165) is 64.1 Å². The zero-order valence-corrected chi connectivity index (χ0v) is 67.6. The average molecular weight is 1640 g/mol. The molecule has 8 bridgehead atoms. The van der Waals surface area contributed by atoms with Crippen LogP contribution in [0.1, 0.15) is 50.5 Å². The maximum atomic E-state index is 13.7. The van der Waals surface area contributed by atoms with Crippen molar-refractivity contribution in [3.8, 4) is 67.5 Å². The van der Waals surface area contributed by atoms with Crippen LogP contribution in [0.2, 0.25) is 0 Å². The first-order chi connectivity index (χ1) is 52.4. The van der Waals surface area contributed by atoms with Crippen molar-refractivity contribution in [1.29, 1.82) is 0 Å². The van der Waals surface area contributed by atoms with Crippen LogP contribution in [0.15, 0.2) is 262 Å². The van der Waals surface area contributed by atoms with Gasteiger partial charge in [-0.1, -0.05) is 264 Å². The summed E-state index contributed by atoms with van der Waals surface area (Å²) in [5.41, 5.74) is 11.1. The lowest BCUT2D eigenvalue weighted by Crippen LogP contribution is -2.20. The Bertz CT molecular complexity index is 4790. The minimum atomic E-state index is -0.593. The van der Waals surface area contributed by atoms with Crippen LogP contribution in [0.3, 0.4) is 0 Å². The number of aromatic amines is 2. The second-order valence-electron chi connectivity index (χ2n) is 24.0. The number of H-pyrrole nitrogens is 2. The molecule has 4 unspecified atom stereocenters. The van der Waals surface area contributed by atoms with Crippen molar-refractivity contribution < 1.29 is 38.1 Å². The van der Waals surface area contributed by atoms with E-state index in [2.05, 4.69) is 9.97 Å². The summed E-state index contributed by atoms with van der Waals surface area (Å²) in [5, 5.41) is -2.37. The van der Waals surface area contributed by atoms with E-state index in [9.17, 15) is 19.2 Å². The smallest absolute Gasteiger partial charge is 0.324 e. The second kappa shape index (κ2) is 36.7. The number of rotatable bonds is 20. The van der Waals surface area contributed by atoms with Crippen LogP contribution in [-0.4, -0.2) is 78.9 Å². The highest BCUT2D eigenvalue weighted by Crippen LogP contribution is 2.42. The monoisotopic (exact) mass is 1640 g/mol. The molecule has 4 atom stereocenters. The third kappa shape index (κ3) is 20.3. The lowest BCUT2D eigenvalue weighted by Gasteiger charge is -2.12. The van der Waals surface area contributed by atoms with Crippen LogP contribution in [0.5, 0.6) is 23.0 Å². The van der Waals surface area contributed by atoms with E-state index in [1.807, 2.05) is 218 Å². The van der Waals surface area contributed by atoms with Crippen molar-refractivity contribution in [2.75, 3.05) is 0 Å². The van der Waals surface area contributed by atoms with Crippen LogP contribution < -0.4 is 18.9 Å². The zero-order valence-electron chi connectivity index (χ0n) is 57.8. The zero-order chi connectivity index (χ0) is 75.2. The van der Waals surface area contributed by atoms with Gasteiger partial charge in [0, 0.05) is 63.9 Å². The summed E-state index contributed by atoms with van der Waals surface area (Å²) in [6.07, 6.45) is 7.89. The van der Waals surface area contributed by atoms with Gasteiger partial charge in [-0.2, -0.15) is 0 Å². The molecule has 2 N–H and O–H groups in total. The van der Waals surface area contributed by atoms with E-state index in [-0.39, 0.29) is 0 Å². The number of fused-ring (bicyclic) bond motifs is 8. The van der Waals surface area contributed by atoms with Gasteiger partial charge in [0.2, 0.25) is 0 Å². The molecule has 3 aromatic heterocycles. The number of carbonyl (C=O) groups excluding carboxylic acids is 4. The predicted molar refractivity (Wildman–Crippen MR) is 471 cm³/mol. The van der Waals surface area contributed by atoms with E-state index in [1.165, 1.54) is 94.1 Å². The molecule has 0 amide bonds. The maximum absolute atomic E-state index is 13.7. The number of esters is 4. The third-order valence-corrected chi connectivity index (χ3v) is 26.4. The van der Waals surface area contributed by atoms with Crippen molar-refractivity contribution in [3.63, 3.8) is 0 Å². The number of thioether (sulfide) groups is 8. The number of hydrogen-bond acceptors (Lipinski definition) is 22. The van der Waals surface area contributed by atoms with Crippen molar-refractivity contribution in [3.05, 3.63) is 265 Å². The summed E-state index contributed by atoms with van der Waals surface area (Å²) in [6, 6.07) is 76.4. The SMILES string of the molecule is CC(SC(=S)Sc1ccccc1)C(=O)Oc1ccc(-c2c3nc(c(-c4ccc(OC(=O)C(C)SC(=S)Sc5ccccc5)cc4)c4ccc([nH]4)c(-c4ccc(OC(=O)C(C)SC(=S)Sc5ccccc5)cc4)c4nc(c(-c5ccc(OC(=O)C(C)SC(=S)Sc6ccccc6)cc5)c5ccc2[nH]5)C=C4)C=C3)cc1. The number of aromatic nitrogens is 4. The van der Waals surface area contributed by atoms with Gasteiger partial charge < -0.3 is 28.9 Å². The molecule has 24 heteroatoms. The van der Waals surface area contributed by atoms with E-state index >= 15 is 0 Å². The number of hydrogen-bond donors (Lipinski definition) is 2. The van der Waals surface area contributed by atoms with Crippen LogP contribution in [0.4, 0.5) is 0 Å². The molecule has 0 saturated carbocycles. The van der Waals surface area contributed by atoms with Crippen molar-refractivity contribution in [2.24, 2.45) is 0 Å². The Balaban J connectivity index is 0.903. The quantitative estimate of drug-likeness (QED) is 0.0320. The number of nitrogens with one attached hydrogen (secondary N) is 2. The molecular formula is C84H62N4O8S12. The number of carbonyl (C=O) groups is 4. The molecule has 538 valence electrons. The van der Waals surface area contributed by atoms with Gasteiger partial charge in [0.15, 0.2) is 0 Å². The second-order valence-corrected chi connectivity index (χ2v) is 38.5. The Hall–Kier alpha value is -8.60. The fourth-order valence-corrected chi connectivity index (χ4v) is 21.4. The van der Waals surface area contributed by atoms with Gasteiger partial charge in [0.25, 0.3) is 0 Å². The Kier molecular flexibility index (Phi) is 26.4. The fourth-order valence-electron chi connectivity index (χ4n) is 11.2. The average Bonchev–Trinajstić information content (AvgIpc) is 1.61. The van der Waals surface area contributed by atoms with Gasteiger partial charge in [-0.05, 0) is 196 Å². The molecule has 11 aromatic rings. The first-order valence-corrected chi connectivity index (χ1v) is 42.0. The van der Waals surface area contributed by atoms with Gasteiger partial charge in [-0.25, -0.2) is 9.97 Å². The number of ether oxygens (including phenoxy) is 4. The summed E-state index contributed by atoms with van der Waals surface area (Å²) in [5.74, 6) is -0.406. The summed E-state index contributed by atoms with van der Waals surface area (Å²) in [6.45, 7) is 7.11. The van der Waals surface area contributed by atoms with Crippen LogP contribution >= 0.6 is 143 Å². The summed E-state index contributed by atoms with van der Waals surface area (Å²) in [4.78, 5) is 77.3. The molecular weight excluding hydrogens is 1580 g/mol. The molecule has 0 radical (unpaired) electrons. The number of thiocarbonyl (C=S) groups is 4. The highest BCUT2D eigenvalue weighted by Gasteiger charge is 2.26. The van der Waals surface area contributed by atoms with Crippen LogP contribution in [-0.2, 0) is 19.2 Å². The van der Waals surface area contributed by atoms with E-state index in [0.29, 0.717) is 82.0 Å². The van der Waals surface area contributed by atoms with Gasteiger partial charge in [0.05, 0.1) is 22.8 Å². The van der Waals surface area contributed by atoms with E-state index in [4.69, 9.17) is 77.8 Å². The highest BCUT2D eigenvalue weighted by molar-refractivity contribution is 8.49. The largest absolute Gasteiger partial charge is 0.426 e. The molecule has 0 aliphatic carbocycles. The summed E-state index contributed by atoms with van der Waals surface area (Å²) >= 11 is 33.5. The molecule has 2 aliphatic heterocycles. The van der Waals surface area contributed by atoms with Crippen LogP contribution in [0, 0.1) is 0 Å². The molecule has 5 heterocycles. The van der Waals surface area contributed by atoms with Gasteiger partial charge >= 0.3 is 23.9 Å². The Morgan fingerprint density at radius 1 is 0.287 bits per heavy atom. The Morgan fingerprint density at radius 2 is 0.481 bits per heavy atom. The molecule has 2 aliphatic rings. The summed E-state index contributed by atoms with van der Waals surface area (Å²) in [7, 11) is 0. The Labute approximate surface area is 680 Å². The standard InChI is InChI=1S/C84H62N4O8S12/c1-49(101-81(97)105-61-17-9-5-10-18-61)77(89)93-57-33-25-53(26-34-57)73-65-41-43-67(85-65)74(54-27-35-58(36-28-54)94-78(90)50(2)102-82(98)106-62-19-11-6-12-20-62)69-45-47-71(87-69)76(56-31-39-60(40-32-56)96-80(92)52(4)104-84(100)108-64-23-15-8-16-24-64)72-48-46-70(88-72)75(68-44-42-66(73)86-68)55-29-37-59(38-30-55)95-79(91)51(3)103-83(99)107-63-21-13-7-14-22-63/h5-52,85,88H,1-4H3. The molecule has 0 fully saturated rings. The third-order valence-electron chi connectivity index (χ3n) is 16.4. The minimum Gasteiger partial charge on any atom is -0.426 e. The molecule has 8 aromatic carbocycles. The molecule has 13 rings (SSSR count). The lowest BCUT2D eigenvalue weighted by atomic mass is 10.0. The van der Waals surface area contributed by atoms with Gasteiger partial charge in [-0.3, -0.25) is 19.2 Å². The van der Waals surface area contributed by atoms with Crippen LogP contribution in [0.25, 0.3) is 90.9 Å². The molecule has 0 saturated heterocycles. The normalized spacial score (nSPS) is 12.6. The lowest BCUT2D eigenvalue weighted by molar-refractivity contribution is -0.134.